The summed E-state index contributed by atoms with van der Waals surface area (Å²) in [4.78, 5) is 8.14. The van der Waals surface area contributed by atoms with Crippen molar-refractivity contribution in [3.8, 4) is 0 Å². The molecule has 0 radical (unpaired) electrons. The molecule has 1 aromatic heterocycles. The fourth-order valence-electron chi connectivity index (χ4n) is 2.30. The molecule has 3 nitrogen and oxygen atoms in total. The first-order chi connectivity index (χ1) is 7.28. The molecule has 0 aliphatic heterocycles. The molecule has 0 aliphatic carbocycles. The summed E-state index contributed by atoms with van der Waals surface area (Å²) in [7, 11) is 0. The predicted molar refractivity (Wildman–Crippen MR) is 66.4 cm³/mol. The fourth-order valence-corrected chi connectivity index (χ4v) is 2.30. The van der Waals surface area contributed by atoms with E-state index in [2.05, 4.69) is 28.2 Å². The van der Waals surface area contributed by atoms with E-state index < -0.39 is 0 Å². The highest BCUT2D eigenvalue weighted by molar-refractivity contribution is 5.15. The van der Waals surface area contributed by atoms with Crippen LogP contribution in [0.1, 0.15) is 50.4 Å². The third-order valence-corrected chi connectivity index (χ3v) is 3.10. The molecular weight excluding hydrogens is 198 g/mol. The van der Waals surface area contributed by atoms with Gasteiger partial charge in [0.2, 0.25) is 5.54 Å². The van der Waals surface area contributed by atoms with Gasteiger partial charge in [-0.2, -0.15) is 0 Å². The molecule has 1 unspecified atom stereocenters. The van der Waals surface area contributed by atoms with Gasteiger partial charge in [-0.3, -0.25) is 0 Å². The van der Waals surface area contributed by atoms with Crippen LogP contribution in [0.25, 0.3) is 4.85 Å². The Morgan fingerprint density at radius 2 is 1.94 bits per heavy atom. The summed E-state index contributed by atoms with van der Waals surface area (Å²) in [6, 6.07) is 0.324. The van der Waals surface area contributed by atoms with Crippen LogP contribution in [0.5, 0.6) is 0 Å². The van der Waals surface area contributed by atoms with Crippen LogP contribution in [0.15, 0.2) is 0 Å². The Balaban J connectivity index is 2.98. The Hall–Kier alpha value is -1.30. The fraction of sp³-hybridized carbons (Fsp3) is 0.692. The van der Waals surface area contributed by atoms with Crippen LogP contribution in [0, 0.1) is 27.3 Å². The molecule has 0 spiro atoms. The largest absolute Gasteiger partial charge is 0.329 e. The summed E-state index contributed by atoms with van der Waals surface area (Å²) in [5.41, 5.74) is 2.01. The average molecular weight is 219 g/mol. The summed E-state index contributed by atoms with van der Waals surface area (Å²) in [6.07, 6.45) is 0.855. The summed E-state index contributed by atoms with van der Waals surface area (Å²) >= 11 is 0. The molecule has 88 valence electrons. The molecule has 1 heterocycles. The quantitative estimate of drug-likeness (QED) is 0.714. The molecule has 0 aliphatic rings. The first-order valence-corrected chi connectivity index (χ1v) is 5.69. The summed E-state index contributed by atoms with van der Waals surface area (Å²) < 4.78 is 2.24. The van der Waals surface area contributed by atoms with Crippen molar-refractivity contribution in [2.24, 2.45) is 0 Å². The minimum atomic E-state index is -0.295. The van der Waals surface area contributed by atoms with Crippen molar-refractivity contribution < 1.29 is 0 Å². The van der Waals surface area contributed by atoms with Gasteiger partial charge in [0.25, 0.3) is 0 Å². The second-order valence-electron chi connectivity index (χ2n) is 5.18. The lowest BCUT2D eigenvalue weighted by atomic mass is 9.97. The minimum absolute atomic E-state index is 0.295. The van der Waals surface area contributed by atoms with Crippen molar-refractivity contribution in [1.29, 1.82) is 0 Å². The number of aromatic nitrogens is 2. The Labute approximate surface area is 98.3 Å². The lowest BCUT2D eigenvalue weighted by Gasteiger charge is -2.21. The zero-order valence-electron chi connectivity index (χ0n) is 11.1. The number of aryl methyl sites for hydroxylation is 2. The smallest absolute Gasteiger partial charge is 0.229 e. The molecule has 0 N–H and O–H groups in total. The molecule has 3 heteroatoms. The van der Waals surface area contributed by atoms with E-state index in [1.54, 1.807) is 0 Å². The number of rotatable bonds is 3. The predicted octanol–water partition coefficient (Wildman–Crippen LogP) is 3.46. The van der Waals surface area contributed by atoms with Crippen molar-refractivity contribution in [3.05, 3.63) is 28.6 Å². The van der Waals surface area contributed by atoms with Crippen molar-refractivity contribution >= 4 is 0 Å². The van der Waals surface area contributed by atoms with Crippen LogP contribution in [-0.4, -0.2) is 15.1 Å². The highest BCUT2D eigenvalue weighted by Gasteiger charge is 2.28. The molecular formula is C13H21N3. The Bertz CT molecular complexity index is 421. The Morgan fingerprint density at radius 3 is 2.31 bits per heavy atom. The molecule has 1 aromatic rings. The van der Waals surface area contributed by atoms with Gasteiger partial charge in [0.05, 0.1) is 5.69 Å². The third kappa shape index (κ3) is 2.44. The molecule has 0 saturated carbocycles. The van der Waals surface area contributed by atoms with Crippen molar-refractivity contribution in [3.63, 3.8) is 0 Å². The van der Waals surface area contributed by atoms with E-state index in [0.717, 1.165) is 17.9 Å². The first kappa shape index (κ1) is 12.8. The second-order valence-corrected chi connectivity index (χ2v) is 5.18. The molecule has 16 heavy (non-hydrogen) atoms. The van der Waals surface area contributed by atoms with Gasteiger partial charge in [-0.1, -0.05) is 0 Å². The second kappa shape index (κ2) is 4.29. The van der Waals surface area contributed by atoms with Gasteiger partial charge in [-0.15, -0.1) is 0 Å². The van der Waals surface area contributed by atoms with E-state index in [1.807, 2.05) is 27.7 Å². The Kier molecular flexibility index (Phi) is 3.42. The average Bonchev–Trinajstić information content (AvgIpc) is 2.40. The number of hydrogen-bond acceptors (Lipinski definition) is 1. The highest BCUT2D eigenvalue weighted by atomic mass is 15.1. The SMILES string of the molecule is [C-]#[N+]C(C)(C)CC(C)n1c(C)nc(C)c1C. The molecule has 0 amide bonds. The monoisotopic (exact) mass is 219 g/mol. The zero-order chi connectivity index (χ0) is 12.5. The van der Waals surface area contributed by atoms with Crippen molar-refractivity contribution in [1.82, 2.24) is 9.55 Å². The van der Waals surface area contributed by atoms with Gasteiger partial charge < -0.3 is 9.41 Å². The zero-order valence-corrected chi connectivity index (χ0v) is 11.1. The van der Waals surface area contributed by atoms with Crippen molar-refractivity contribution in [2.45, 2.75) is 59.5 Å². The first-order valence-electron chi connectivity index (χ1n) is 5.69. The highest BCUT2D eigenvalue weighted by Crippen LogP contribution is 2.26. The number of nitrogens with zero attached hydrogens (tertiary/aromatic N) is 3. The summed E-state index contributed by atoms with van der Waals surface area (Å²) in [6.45, 7) is 19.5. The molecule has 1 rings (SSSR count). The molecule has 0 saturated heterocycles. The maximum Gasteiger partial charge on any atom is 0.229 e. The van der Waals surface area contributed by atoms with Crippen LogP contribution in [0.3, 0.4) is 0 Å². The lowest BCUT2D eigenvalue weighted by Crippen LogP contribution is -2.21. The lowest BCUT2D eigenvalue weighted by molar-refractivity contribution is 0.406. The van der Waals surface area contributed by atoms with Crippen LogP contribution < -0.4 is 0 Å². The number of imidazole rings is 1. The molecule has 1 atom stereocenters. The number of hydrogen-bond donors (Lipinski definition) is 0. The van der Waals surface area contributed by atoms with Crippen LogP contribution in [0.2, 0.25) is 0 Å². The molecule has 0 bridgehead atoms. The van der Waals surface area contributed by atoms with Gasteiger partial charge in [-0.05, 0) is 27.7 Å². The van der Waals surface area contributed by atoms with E-state index in [-0.39, 0.29) is 5.54 Å². The molecule has 0 aromatic carbocycles. The minimum Gasteiger partial charge on any atom is -0.329 e. The standard InChI is InChI=1S/C13H21N3/c1-9(8-13(5,6)14-7)16-11(3)10(2)15-12(16)4/h9H,8H2,1-6H3. The summed E-state index contributed by atoms with van der Waals surface area (Å²) in [5.74, 6) is 1.04. The van der Waals surface area contributed by atoms with Gasteiger partial charge >= 0.3 is 0 Å². The van der Waals surface area contributed by atoms with E-state index >= 15 is 0 Å². The topological polar surface area (TPSA) is 22.2 Å². The summed E-state index contributed by atoms with van der Waals surface area (Å²) in [5, 5.41) is 0. The van der Waals surface area contributed by atoms with Gasteiger partial charge in [-0.25, -0.2) is 11.6 Å². The van der Waals surface area contributed by atoms with Crippen LogP contribution in [0.4, 0.5) is 0 Å². The Morgan fingerprint density at radius 1 is 1.38 bits per heavy atom. The maximum atomic E-state index is 7.17. The van der Waals surface area contributed by atoms with Gasteiger partial charge in [0, 0.05) is 32.0 Å². The van der Waals surface area contributed by atoms with Gasteiger partial charge in [0.15, 0.2) is 0 Å². The van der Waals surface area contributed by atoms with Gasteiger partial charge in [0.1, 0.15) is 5.82 Å². The van der Waals surface area contributed by atoms with E-state index in [0.29, 0.717) is 6.04 Å². The van der Waals surface area contributed by atoms with E-state index in [4.69, 9.17) is 6.57 Å². The maximum absolute atomic E-state index is 7.17. The van der Waals surface area contributed by atoms with Crippen LogP contribution >= 0.6 is 0 Å². The van der Waals surface area contributed by atoms with Crippen molar-refractivity contribution in [2.75, 3.05) is 0 Å². The third-order valence-electron chi connectivity index (χ3n) is 3.10. The molecule has 0 fully saturated rings. The normalized spacial score (nSPS) is 13.6. The van der Waals surface area contributed by atoms with Crippen LogP contribution in [-0.2, 0) is 0 Å². The van der Waals surface area contributed by atoms with E-state index in [9.17, 15) is 0 Å². The van der Waals surface area contributed by atoms with E-state index in [1.165, 1.54) is 5.69 Å².